The topological polar surface area (TPSA) is 49.3 Å². The van der Waals surface area contributed by atoms with Crippen molar-refractivity contribution in [2.75, 3.05) is 13.6 Å². The van der Waals surface area contributed by atoms with E-state index in [-0.39, 0.29) is 29.2 Å². The highest BCUT2D eigenvalue weighted by Gasteiger charge is 2.10. The SMILES string of the molecule is CNCC(=O)c1cc(O)c(C)c(F)c1. The van der Waals surface area contributed by atoms with Gasteiger partial charge in [0.25, 0.3) is 0 Å². The number of phenols is 1. The molecule has 14 heavy (non-hydrogen) atoms. The fraction of sp³-hybridized carbons (Fsp3) is 0.300. The van der Waals surface area contributed by atoms with Crippen LogP contribution in [0.2, 0.25) is 0 Å². The fourth-order valence-electron chi connectivity index (χ4n) is 1.09. The Labute approximate surface area is 81.6 Å². The number of ketones is 1. The summed E-state index contributed by atoms with van der Waals surface area (Å²) in [5, 5.41) is 12.0. The molecule has 0 spiro atoms. The summed E-state index contributed by atoms with van der Waals surface area (Å²) in [5.74, 6) is -1.00. The van der Waals surface area contributed by atoms with E-state index in [1.807, 2.05) is 0 Å². The molecule has 0 amide bonds. The van der Waals surface area contributed by atoms with E-state index >= 15 is 0 Å². The number of likely N-dealkylation sites (N-methyl/N-ethyl adjacent to an activating group) is 1. The van der Waals surface area contributed by atoms with Gasteiger partial charge in [-0.15, -0.1) is 0 Å². The Bertz CT molecular complexity index is 340. The molecular weight excluding hydrogens is 185 g/mol. The summed E-state index contributed by atoms with van der Waals surface area (Å²) in [6.45, 7) is 1.58. The molecule has 0 heterocycles. The summed E-state index contributed by atoms with van der Waals surface area (Å²) in [4.78, 5) is 11.3. The van der Waals surface area contributed by atoms with E-state index in [1.54, 1.807) is 7.05 Å². The van der Waals surface area contributed by atoms with E-state index in [0.717, 1.165) is 6.07 Å². The maximum atomic E-state index is 13.1. The van der Waals surface area contributed by atoms with Crippen molar-refractivity contribution in [3.05, 3.63) is 29.1 Å². The van der Waals surface area contributed by atoms with E-state index in [1.165, 1.54) is 13.0 Å². The second kappa shape index (κ2) is 4.19. The van der Waals surface area contributed by atoms with Gasteiger partial charge in [-0.2, -0.15) is 0 Å². The van der Waals surface area contributed by atoms with Gasteiger partial charge in [0.1, 0.15) is 11.6 Å². The molecule has 0 saturated carbocycles. The lowest BCUT2D eigenvalue weighted by atomic mass is 10.1. The average molecular weight is 197 g/mol. The lowest BCUT2D eigenvalue weighted by molar-refractivity contribution is 0.0992. The third kappa shape index (κ3) is 2.09. The highest BCUT2D eigenvalue weighted by atomic mass is 19.1. The predicted octanol–water partition coefficient (Wildman–Crippen LogP) is 1.24. The first kappa shape index (κ1) is 10.7. The molecule has 0 unspecified atom stereocenters. The summed E-state index contributed by atoms with van der Waals surface area (Å²) in [6.07, 6.45) is 0. The molecule has 1 aromatic rings. The molecule has 0 atom stereocenters. The number of carbonyl (C=O) groups excluding carboxylic acids is 1. The van der Waals surface area contributed by atoms with Crippen molar-refractivity contribution in [3.63, 3.8) is 0 Å². The number of aromatic hydroxyl groups is 1. The van der Waals surface area contributed by atoms with Gasteiger partial charge < -0.3 is 10.4 Å². The Morgan fingerprint density at radius 3 is 2.71 bits per heavy atom. The molecule has 0 aromatic heterocycles. The number of nitrogens with one attached hydrogen (secondary N) is 1. The van der Waals surface area contributed by atoms with E-state index in [0.29, 0.717) is 0 Å². The smallest absolute Gasteiger partial charge is 0.176 e. The van der Waals surface area contributed by atoms with E-state index < -0.39 is 5.82 Å². The van der Waals surface area contributed by atoms with Crippen LogP contribution in [0.3, 0.4) is 0 Å². The van der Waals surface area contributed by atoms with E-state index in [2.05, 4.69) is 5.32 Å². The van der Waals surface area contributed by atoms with Crippen molar-refractivity contribution in [1.29, 1.82) is 0 Å². The Hall–Kier alpha value is -1.42. The number of Topliss-reactive ketones (excluding diaryl/α,β-unsaturated/α-hetero) is 1. The molecular formula is C10H12FNO2. The maximum absolute atomic E-state index is 13.1. The lowest BCUT2D eigenvalue weighted by Crippen LogP contribution is -2.18. The van der Waals surface area contributed by atoms with Crippen LogP contribution >= 0.6 is 0 Å². The van der Waals surface area contributed by atoms with Gasteiger partial charge in [0, 0.05) is 11.1 Å². The quantitative estimate of drug-likeness (QED) is 0.717. The lowest BCUT2D eigenvalue weighted by Gasteiger charge is -2.04. The van der Waals surface area contributed by atoms with Crippen LogP contribution in [-0.4, -0.2) is 24.5 Å². The maximum Gasteiger partial charge on any atom is 0.176 e. The summed E-state index contributed by atoms with van der Waals surface area (Å²) >= 11 is 0. The number of hydrogen-bond acceptors (Lipinski definition) is 3. The predicted molar refractivity (Wildman–Crippen MR) is 51.1 cm³/mol. The summed E-state index contributed by atoms with van der Waals surface area (Å²) < 4.78 is 13.1. The third-order valence-electron chi connectivity index (χ3n) is 1.98. The van der Waals surface area contributed by atoms with Gasteiger partial charge in [-0.3, -0.25) is 4.79 Å². The molecule has 4 heteroatoms. The molecule has 2 N–H and O–H groups in total. The highest BCUT2D eigenvalue weighted by molar-refractivity contribution is 5.98. The highest BCUT2D eigenvalue weighted by Crippen LogP contribution is 2.21. The summed E-state index contributed by atoms with van der Waals surface area (Å²) in [5.41, 5.74) is 0.339. The Kier molecular flexibility index (Phi) is 3.19. The summed E-state index contributed by atoms with van der Waals surface area (Å²) in [6, 6.07) is 2.41. The van der Waals surface area contributed by atoms with Crippen LogP contribution in [-0.2, 0) is 0 Å². The standard InChI is InChI=1S/C10H12FNO2/c1-6-8(11)3-7(4-9(6)13)10(14)5-12-2/h3-4,12-13H,5H2,1-2H3. The van der Waals surface area contributed by atoms with Crippen molar-refractivity contribution in [2.24, 2.45) is 0 Å². The minimum Gasteiger partial charge on any atom is -0.508 e. The molecule has 1 aromatic carbocycles. The van der Waals surface area contributed by atoms with Crippen LogP contribution in [0.25, 0.3) is 0 Å². The van der Waals surface area contributed by atoms with Crippen LogP contribution in [0, 0.1) is 12.7 Å². The van der Waals surface area contributed by atoms with Gasteiger partial charge in [0.05, 0.1) is 6.54 Å². The first-order valence-corrected chi connectivity index (χ1v) is 4.23. The minimum absolute atomic E-state index is 0.127. The third-order valence-corrected chi connectivity index (χ3v) is 1.98. The van der Waals surface area contributed by atoms with Crippen molar-refractivity contribution in [3.8, 4) is 5.75 Å². The van der Waals surface area contributed by atoms with Crippen molar-refractivity contribution < 1.29 is 14.3 Å². The first-order valence-electron chi connectivity index (χ1n) is 4.23. The largest absolute Gasteiger partial charge is 0.508 e. The van der Waals surface area contributed by atoms with Crippen LogP contribution in [0.15, 0.2) is 12.1 Å². The zero-order valence-corrected chi connectivity index (χ0v) is 8.10. The second-order valence-electron chi connectivity index (χ2n) is 3.06. The van der Waals surface area contributed by atoms with Gasteiger partial charge in [-0.25, -0.2) is 4.39 Å². The van der Waals surface area contributed by atoms with Gasteiger partial charge in [0.2, 0.25) is 0 Å². The van der Waals surface area contributed by atoms with E-state index in [9.17, 15) is 14.3 Å². The molecule has 0 fully saturated rings. The second-order valence-corrected chi connectivity index (χ2v) is 3.06. The van der Waals surface area contributed by atoms with Crippen LogP contribution in [0.5, 0.6) is 5.75 Å². The van der Waals surface area contributed by atoms with Crippen molar-refractivity contribution in [1.82, 2.24) is 5.32 Å². The molecule has 3 nitrogen and oxygen atoms in total. The van der Waals surface area contributed by atoms with Crippen molar-refractivity contribution >= 4 is 5.78 Å². The van der Waals surface area contributed by atoms with Crippen molar-refractivity contribution in [2.45, 2.75) is 6.92 Å². The fourth-order valence-corrected chi connectivity index (χ4v) is 1.09. The van der Waals surface area contributed by atoms with Crippen LogP contribution in [0.4, 0.5) is 4.39 Å². The number of halogens is 1. The van der Waals surface area contributed by atoms with Gasteiger partial charge in [-0.1, -0.05) is 0 Å². The Morgan fingerprint density at radius 2 is 2.21 bits per heavy atom. The molecule has 1 rings (SSSR count). The molecule has 76 valence electrons. The molecule has 0 aliphatic heterocycles. The number of carbonyl (C=O) groups is 1. The number of hydrogen-bond donors (Lipinski definition) is 2. The number of benzene rings is 1. The number of rotatable bonds is 3. The monoisotopic (exact) mass is 197 g/mol. The van der Waals surface area contributed by atoms with Gasteiger partial charge in [0.15, 0.2) is 5.78 Å². The Morgan fingerprint density at radius 1 is 1.57 bits per heavy atom. The van der Waals surface area contributed by atoms with Crippen LogP contribution < -0.4 is 5.32 Å². The molecule has 0 radical (unpaired) electrons. The molecule has 0 aliphatic carbocycles. The minimum atomic E-state index is -0.565. The average Bonchev–Trinajstić information content (AvgIpc) is 2.13. The molecule has 0 bridgehead atoms. The summed E-state index contributed by atoms with van der Waals surface area (Å²) in [7, 11) is 1.63. The number of phenolic OH excluding ortho intramolecular Hbond substituents is 1. The zero-order chi connectivity index (χ0) is 10.7. The van der Waals surface area contributed by atoms with Gasteiger partial charge >= 0.3 is 0 Å². The normalized spacial score (nSPS) is 10.2. The molecule has 0 aliphatic rings. The van der Waals surface area contributed by atoms with Crippen LogP contribution in [0.1, 0.15) is 15.9 Å². The first-order chi connectivity index (χ1) is 6.56. The Balaban J connectivity index is 3.06. The molecule has 0 saturated heterocycles. The van der Waals surface area contributed by atoms with E-state index in [4.69, 9.17) is 0 Å². The zero-order valence-electron chi connectivity index (χ0n) is 8.10. The van der Waals surface area contributed by atoms with Gasteiger partial charge in [-0.05, 0) is 26.1 Å².